The lowest BCUT2D eigenvalue weighted by molar-refractivity contribution is -0.140. The smallest absolute Gasteiger partial charge is 0.343 e. The van der Waals surface area contributed by atoms with Crippen molar-refractivity contribution in [2.24, 2.45) is 0 Å². The molecule has 0 spiro atoms. The Bertz CT molecular complexity index is 739. The van der Waals surface area contributed by atoms with Gasteiger partial charge in [-0.3, -0.25) is 9.78 Å². The summed E-state index contributed by atoms with van der Waals surface area (Å²) in [5.74, 6) is -0.948. The number of anilines is 1. The number of ketones is 1. The number of hydrogen-bond acceptors (Lipinski definition) is 5. The monoisotopic (exact) mass is 324 g/mol. The summed E-state index contributed by atoms with van der Waals surface area (Å²) >= 11 is 0. The van der Waals surface area contributed by atoms with Crippen LogP contribution in [0.15, 0.2) is 60.6 Å². The van der Waals surface area contributed by atoms with E-state index in [9.17, 15) is 9.59 Å². The van der Waals surface area contributed by atoms with Crippen LogP contribution >= 0.6 is 0 Å². The molecule has 0 amide bonds. The Labute approximate surface area is 141 Å². The first-order chi connectivity index (χ1) is 11.6. The number of Topliss-reactive ketones (excluding diaryl/α,β-unsaturated/α-hetero) is 1. The van der Waals surface area contributed by atoms with E-state index in [1.165, 1.54) is 13.1 Å². The fraction of sp³-hybridized carbons (Fsp3) is 0.211. The average Bonchev–Trinajstić information content (AvgIpc) is 2.61. The molecule has 1 aromatic heterocycles. The largest absolute Gasteiger partial charge is 0.462 e. The van der Waals surface area contributed by atoms with Crippen LogP contribution in [0, 0.1) is 0 Å². The number of pyridine rings is 1. The molecule has 0 saturated carbocycles. The molecule has 1 aromatic carbocycles. The molecule has 0 fully saturated rings. The normalized spacial score (nSPS) is 11.0. The molecule has 24 heavy (non-hydrogen) atoms. The van der Waals surface area contributed by atoms with Crippen LogP contribution in [0.25, 0.3) is 11.1 Å². The van der Waals surface area contributed by atoms with Crippen LogP contribution in [0.4, 0.5) is 5.69 Å². The van der Waals surface area contributed by atoms with Crippen molar-refractivity contribution in [3.05, 3.63) is 60.6 Å². The van der Waals surface area contributed by atoms with Gasteiger partial charge in [-0.15, -0.1) is 0 Å². The highest BCUT2D eigenvalue weighted by Gasteiger charge is 2.15. The molecule has 1 N–H and O–H groups in total. The lowest BCUT2D eigenvalue weighted by Crippen LogP contribution is -2.15. The van der Waals surface area contributed by atoms with Crippen LogP contribution in [-0.2, 0) is 14.3 Å². The van der Waals surface area contributed by atoms with Crippen molar-refractivity contribution in [2.45, 2.75) is 20.3 Å². The second kappa shape index (κ2) is 8.62. The Kier molecular flexibility index (Phi) is 6.25. The van der Waals surface area contributed by atoms with Crippen molar-refractivity contribution in [1.82, 2.24) is 4.98 Å². The van der Waals surface area contributed by atoms with Crippen LogP contribution in [0.5, 0.6) is 0 Å². The van der Waals surface area contributed by atoms with E-state index in [0.717, 1.165) is 16.8 Å². The van der Waals surface area contributed by atoms with Gasteiger partial charge in [0.2, 0.25) is 0 Å². The lowest BCUT2D eigenvalue weighted by Gasteiger charge is -2.08. The summed E-state index contributed by atoms with van der Waals surface area (Å²) in [5, 5.41) is 2.99. The number of hydrogen-bond donors (Lipinski definition) is 1. The highest BCUT2D eigenvalue weighted by atomic mass is 16.5. The van der Waals surface area contributed by atoms with Crippen molar-refractivity contribution in [2.75, 3.05) is 11.9 Å². The average molecular weight is 324 g/mol. The van der Waals surface area contributed by atoms with E-state index < -0.39 is 5.97 Å². The summed E-state index contributed by atoms with van der Waals surface area (Å²) < 4.78 is 5.02. The van der Waals surface area contributed by atoms with Gasteiger partial charge in [0.1, 0.15) is 5.57 Å². The fourth-order valence-electron chi connectivity index (χ4n) is 2.07. The summed E-state index contributed by atoms with van der Waals surface area (Å²) in [6.07, 6.45) is 5.56. The number of nitrogens with zero attached hydrogens (tertiary/aromatic N) is 1. The number of esters is 1. The highest BCUT2D eigenvalue weighted by molar-refractivity contribution is 6.16. The molecule has 0 aliphatic rings. The maximum absolute atomic E-state index is 11.9. The van der Waals surface area contributed by atoms with E-state index in [1.807, 2.05) is 43.3 Å². The van der Waals surface area contributed by atoms with E-state index in [1.54, 1.807) is 12.4 Å². The summed E-state index contributed by atoms with van der Waals surface area (Å²) in [6, 6.07) is 11.5. The van der Waals surface area contributed by atoms with Crippen LogP contribution in [-0.4, -0.2) is 23.3 Å². The summed E-state index contributed by atoms with van der Waals surface area (Å²) in [6.45, 7) is 3.53. The van der Waals surface area contributed by atoms with Gasteiger partial charge in [0.25, 0.3) is 0 Å². The highest BCUT2D eigenvalue weighted by Crippen LogP contribution is 2.22. The van der Waals surface area contributed by atoms with Crippen LogP contribution in [0.1, 0.15) is 20.3 Å². The molecule has 2 aromatic rings. The first-order valence-electron chi connectivity index (χ1n) is 7.77. The zero-order chi connectivity index (χ0) is 17.4. The maximum atomic E-state index is 11.9. The molecule has 0 bridgehead atoms. The molecule has 124 valence electrons. The topological polar surface area (TPSA) is 68.3 Å². The zero-order valence-corrected chi connectivity index (χ0v) is 13.8. The van der Waals surface area contributed by atoms with Gasteiger partial charge in [0, 0.05) is 24.3 Å². The molecule has 5 nitrogen and oxygen atoms in total. The molecule has 2 rings (SSSR count). The molecule has 0 aliphatic heterocycles. The predicted molar refractivity (Wildman–Crippen MR) is 93.3 cm³/mol. The third-order valence-electron chi connectivity index (χ3n) is 3.30. The Morgan fingerprint density at radius 2 is 1.92 bits per heavy atom. The van der Waals surface area contributed by atoms with Crippen molar-refractivity contribution < 1.29 is 14.3 Å². The molecule has 0 atom stereocenters. The molecule has 5 heteroatoms. The SMILES string of the molecule is CCCOC(=O)C(=CNc1cccc(-c2ccncc2)c1)C(C)=O. The van der Waals surface area contributed by atoms with Crippen LogP contribution in [0.2, 0.25) is 0 Å². The summed E-state index contributed by atoms with van der Waals surface area (Å²) in [5.41, 5.74) is 2.81. The molecule has 0 aliphatic carbocycles. The van der Waals surface area contributed by atoms with E-state index in [2.05, 4.69) is 10.3 Å². The van der Waals surface area contributed by atoms with Gasteiger partial charge in [-0.2, -0.15) is 0 Å². The standard InChI is InChI=1S/C19H20N2O3/c1-3-11-24-19(23)18(14(2)22)13-21-17-6-4-5-16(12-17)15-7-9-20-10-8-15/h4-10,12-13,21H,3,11H2,1-2H3. The van der Waals surface area contributed by atoms with Gasteiger partial charge in [-0.25, -0.2) is 4.79 Å². The Morgan fingerprint density at radius 3 is 2.58 bits per heavy atom. The molecule has 0 saturated heterocycles. The maximum Gasteiger partial charge on any atom is 0.343 e. The molecule has 0 radical (unpaired) electrons. The fourth-order valence-corrected chi connectivity index (χ4v) is 2.07. The number of nitrogens with one attached hydrogen (secondary N) is 1. The first-order valence-corrected chi connectivity index (χ1v) is 7.77. The minimum Gasteiger partial charge on any atom is -0.462 e. The van der Waals surface area contributed by atoms with Gasteiger partial charge in [-0.1, -0.05) is 19.1 Å². The predicted octanol–water partition coefficient (Wildman–Crippen LogP) is 3.59. The minimum absolute atomic E-state index is 0.00207. The number of benzene rings is 1. The Morgan fingerprint density at radius 1 is 1.17 bits per heavy atom. The van der Waals surface area contributed by atoms with Gasteiger partial charge >= 0.3 is 5.97 Å². The van der Waals surface area contributed by atoms with E-state index >= 15 is 0 Å². The molecular weight excluding hydrogens is 304 g/mol. The van der Waals surface area contributed by atoms with E-state index in [4.69, 9.17) is 4.74 Å². The van der Waals surface area contributed by atoms with Crippen molar-refractivity contribution in [1.29, 1.82) is 0 Å². The molecule has 0 unspecified atom stereocenters. The Hall–Kier alpha value is -2.95. The van der Waals surface area contributed by atoms with E-state index in [-0.39, 0.29) is 11.4 Å². The molecule has 1 heterocycles. The first kappa shape index (κ1) is 17.4. The second-order valence-electron chi connectivity index (χ2n) is 5.21. The lowest BCUT2D eigenvalue weighted by atomic mass is 10.1. The number of carbonyl (C=O) groups is 2. The zero-order valence-electron chi connectivity index (χ0n) is 13.8. The number of aromatic nitrogens is 1. The van der Waals surface area contributed by atoms with Gasteiger partial charge < -0.3 is 10.1 Å². The van der Waals surface area contributed by atoms with Crippen LogP contribution in [0.3, 0.4) is 0 Å². The van der Waals surface area contributed by atoms with Crippen molar-refractivity contribution >= 4 is 17.4 Å². The quantitative estimate of drug-likeness (QED) is 0.365. The van der Waals surface area contributed by atoms with Gasteiger partial charge in [0.05, 0.1) is 6.61 Å². The number of rotatable bonds is 7. The summed E-state index contributed by atoms with van der Waals surface area (Å²) in [7, 11) is 0. The minimum atomic E-state index is -0.609. The van der Waals surface area contributed by atoms with E-state index in [0.29, 0.717) is 13.0 Å². The number of carbonyl (C=O) groups excluding carboxylic acids is 2. The van der Waals surface area contributed by atoms with Crippen molar-refractivity contribution in [3.8, 4) is 11.1 Å². The second-order valence-corrected chi connectivity index (χ2v) is 5.21. The van der Waals surface area contributed by atoms with Gasteiger partial charge in [-0.05, 0) is 48.7 Å². The Balaban J connectivity index is 2.17. The number of ether oxygens (including phenoxy) is 1. The molecular formula is C19H20N2O3. The third-order valence-corrected chi connectivity index (χ3v) is 3.30. The van der Waals surface area contributed by atoms with Crippen LogP contribution < -0.4 is 5.32 Å². The van der Waals surface area contributed by atoms with Gasteiger partial charge in [0.15, 0.2) is 5.78 Å². The third kappa shape index (κ3) is 4.78. The van der Waals surface area contributed by atoms with Crippen molar-refractivity contribution in [3.63, 3.8) is 0 Å². The summed E-state index contributed by atoms with van der Waals surface area (Å²) in [4.78, 5) is 27.5.